The fourth-order valence-electron chi connectivity index (χ4n) is 2.24. The molecule has 1 fully saturated rings. The molecule has 0 saturated heterocycles. The van der Waals surface area contributed by atoms with E-state index in [4.69, 9.17) is 4.74 Å². The third-order valence-electron chi connectivity index (χ3n) is 3.61. The van der Waals surface area contributed by atoms with Gasteiger partial charge in [0.2, 0.25) is 0 Å². The van der Waals surface area contributed by atoms with Gasteiger partial charge in [0.1, 0.15) is 5.82 Å². The SMILES string of the molecule is COC1(CNc2nc3cc(F)ccc3s2)CCC1. The van der Waals surface area contributed by atoms with E-state index in [-0.39, 0.29) is 11.4 Å². The van der Waals surface area contributed by atoms with E-state index in [0.717, 1.165) is 29.2 Å². The first-order valence-corrected chi connectivity index (χ1v) is 6.88. The lowest BCUT2D eigenvalue weighted by molar-refractivity contribution is -0.0601. The first kappa shape index (κ1) is 11.9. The second-order valence-electron chi connectivity index (χ2n) is 4.73. The quantitative estimate of drug-likeness (QED) is 0.920. The van der Waals surface area contributed by atoms with Crippen LogP contribution in [0.1, 0.15) is 19.3 Å². The number of nitrogens with zero attached hydrogens (tertiary/aromatic N) is 1. The smallest absolute Gasteiger partial charge is 0.183 e. The summed E-state index contributed by atoms with van der Waals surface area (Å²) in [5.41, 5.74) is 0.686. The Morgan fingerprint density at radius 1 is 1.50 bits per heavy atom. The molecule has 5 heteroatoms. The van der Waals surface area contributed by atoms with Crippen LogP contribution in [0, 0.1) is 5.82 Å². The van der Waals surface area contributed by atoms with Crippen molar-refractivity contribution in [2.45, 2.75) is 24.9 Å². The Morgan fingerprint density at radius 2 is 2.33 bits per heavy atom. The minimum absolute atomic E-state index is 0.0247. The zero-order chi connectivity index (χ0) is 12.6. The van der Waals surface area contributed by atoms with Crippen molar-refractivity contribution in [2.75, 3.05) is 19.0 Å². The van der Waals surface area contributed by atoms with Crippen molar-refractivity contribution in [2.24, 2.45) is 0 Å². The molecule has 0 unspecified atom stereocenters. The molecule has 3 nitrogen and oxygen atoms in total. The predicted octanol–water partition coefficient (Wildman–Crippen LogP) is 3.42. The molecule has 96 valence electrons. The molecule has 2 aromatic rings. The Bertz CT molecular complexity index is 560. The van der Waals surface area contributed by atoms with Gasteiger partial charge in [-0.05, 0) is 31.4 Å². The first-order valence-electron chi connectivity index (χ1n) is 6.06. The Hall–Kier alpha value is -1.20. The van der Waals surface area contributed by atoms with Gasteiger partial charge >= 0.3 is 0 Å². The highest BCUT2D eigenvalue weighted by Crippen LogP contribution is 2.35. The number of ether oxygens (including phenoxy) is 1. The molecule has 0 amide bonds. The third-order valence-corrected chi connectivity index (χ3v) is 4.60. The number of nitrogens with one attached hydrogen (secondary N) is 1. The maximum atomic E-state index is 13.1. The van der Waals surface area contributed by atoms with Crippen molar-refractivity contribution < 1.29 is 9.13 Å². The number of fused-ring (bicyclic) bond motifs is 1. The standard InChI is InChI=1S/C13H15FN2OS/c1-17-13(5-2-6-13)8-15-12-16-10-7-9(14)3-4-11(10)18-12/h3-4,7H,2,5-6,8H2,1H3,(H,15,16). The van der Waals surface area contributed by atoms with Gasteiger partial charge in [-0.2, -0.15) is 0 Å². The van der Waals surface area contributed by atoms with E-state index >= 15 is 0 Å². The zero-order valence-corrected chi connectivity index (χ0v) is 11.0. The number of hydrogen-bond donors (Lipinski definition) is 1. The molecule has 1 aliphatic carbocycles. The van der Waals surface area contributed by atoms with Gasteiger partial charge in [0.25, 0.3) is 0 Å². The van der Waals surface area contributed by atoms with Gasteiger partial charge in [0.15, 0.2) is 5.13 Å². The van der Waals surface area contributed by atoms with Crippen LogP contribution >= 0.6 is 11.3 Å². The van der Waals surface area contributed by atoms with Gasteiger partial charge in [-0.25, -0.2) is 9.37 Å². The van der Waals surface area contributed by atoms with Crippen molar-refractivity contribution in [3.8, 4) is 0 Å². The van der Waals surface area contributed by atoms with E-state index in [2.05, 4.69) is 10.3 Å². The molecular formula is C13H15FN2OS. The second-order valence-corrected chi connectivity index (χ2v) is 5.76. The molecule has 0 bridgehead atoms. The minimum atomic E-state index is -0.244. The maximum Gasteiger partial charge on any atom is 0.183 e. The largest absolute Gasteiger partial charge is 0.376 e. The number of anilines is 1. The summed E-state index contributed by atoms with van der Waals surface area (Å²) in [6.45, 7) is 0.770. The Labute approximate surface area is 109 Å². The lowest BCUT2D eigenvalue weighted by Gasteiger charge is -2.40. The average Bonchev–Trinajstić information content (AvgIpc) is 2.70. The van der Waals surface area contributed by atoms with Crippen LogP contribution in [0.25, 0.3) is 10.2 Å². The van der Waals surface area contributed by atoms with Crippen LogP contribution in [0.4, 0.5) is 9.52 Å². The van der Waals surface area contributed by atoms with Crippen LogP contribution in [-0.2, 0) is 4.74 Å². The van der Waals surface area contributed by atoms with Gasteiger partial charge in [0, 0.05) is 19.7 Å². The molecule has 1 saturated carbocycles. The molecule has 1 aromatic carbocycles. The molecule has 1 aromatic heterocycles. The number of halogens is 1. The fraction of sp³-hybridized carbons (Fsp3) is 0.462. The lowest BCUT2D eigenvalue weighted by atomic mass is 9.80. The predicted molar refractivity (Wildman–Crippen MR) is 71.7 cm³/mol. The number of methoxy groups -OCH3 is 1. The van der Waals surface area contributed by atoms with E-state index in [0.29, 0.717) is 5.52 Å². The van der Waals surface area contributed by atoms with E-state index < -0.39 is 0 Å². The van der Waals surface area contributed by atoms with Crippen molar-refractivity contribution in [3.63, 3.8) is 0 Å². The summed E-state index contributed by atoms with van der Waals surface area (Å²) in [6, 6.07) is 4.70. The minimum Gasteiger partial charge on any atom is -0.376 e. The highest BCUT2D eigenvalue weighted by molar-refractivity contribution is 7.22. The van der Waals surface area contributed by atoms with Gasteiger partial charge in [-0.1, -0.05) is 11.3 Å². The van der Waals surface area contributed by atoms with Gasteiger partial charge in [-0.15, -0.1) is 0 Å². The average molecular weight is 266 g/mol. The molecular weight excluding hydrogens is 251 g/mol. The summed E-state index contributed by atoms with van der Waals surface area (Å²) in [7, 11) is 1.76. The second kappa shape index (κ2) is 4.48. The van der Waals surface area contributed by atoms with Crippen molar-refractivity contribution in [1.29, 1.82) is 0 Å². The van der Waals surface area contributed by atoms with E-state index in [1.165, 1.54) is 18.6 Å². The summed E-state index contributed by atoms with van der Waals surface area (Å²) >= 11 is 1.55. The number of thiazole rings is 1. The normalized spacial score (nSPS) is 17.7. The zero-order valence-electron chi connectivity index (χ0n) is 10.2. The topological polar surface area (TPSA) is 34.1 Å². The highest BCUT2D eigenvalue weighted by atomic mass is 32.1. The molecule has 1 heterocycles. The van der Waals surface area contributed by atoms with Crippen molar-refractivity contribution in [3.05, 3.63) is 24.0 Å². The maximum absolute atomic E-state index is 13.1. The van der Waals surface area contributed by atoms with Crippen LogP contribution in [0.3, 0.4) is 0 Å². The van der Waals surface area contributed by atoms with Crippen LogP contribution in [0.5, 0.6) is 0 Å². The molecule has 0 spiro atoms. The number of aromatic nitrogens is 1. The monoisotopic (exact) mass is 266 g/mol. The van der Waals surface area contributed by atoms with Crippen LogP contribution in [0.15, 0.2) is 18.2 Å². The third kappa shape index (κ3) is 2.08. The summed E-state index contributed by atoms with van der Waals surface area (Å²) in [6.07, 6.45) is 3.41. The first-order chi connectivity index (χ1) is 8.71. The molecule has 1 aliphatic rings. The van der Waals surface area contributed by atoms with Gasteiger partial charge < -0.3 is 10.1 Å². The molecule has 0 atom stereocenters. The number of hydrogen-bond acceptors (Lipinski definition) is 4. The Kier molecular flexibility index (Phi) is 2.95. The van der Waals surface area contributed by atoms with Crippen molar-refractivity contribution >= 4 is 26.7 Å². The summed E-state index contributed by atoms with van der Waals surface area (Å²) in [5, 5.41) is 4.14. The Balaban J connectivity index is 1.74. The van der Waals surface area contributed by atoms with E-state index in [9.17, 15) is 4.39 Å². The summed E-state index contributed by atoms with van der Waals surface area (Å²) in [4.78, 5) is 4.38. The van der Waals surface area contributed by atoms with Crippen LogP contribution in [-0.4, -0.2) is 24.2 Å². The molecule has 18 heavy (non-hydrogen) atoms. The van der Waals surface area contributed by atoms with Crippen LogP contribution in [0.2, 0.25) is 0 Å². The highest BCUT2D eigenvalue weighted by Gasteiger charge is 2.36. The molecule has 3 rings (SSSR count). The van der Waals surface area contributed by atoms with Crippen molar-refractivity contribution in [1.82, 2.24) is 4.98 Å². The molecule has 0 radical (unpaired) electrons. The lowest BCUT2D eigenvalue weighted by Crippen LogP contribution is -2.45. The van der Waals surface area contributed by atoms with E-state index in [1.807, 2.05) is 0 Å². The van der Waals surface area contributed by atoms with Gasteiger partial charge in [0.05, 0.1) is 15.8 Å². The number of benzene rings is 1. The summed E-state index contributed by atoms with van der Waals surface area (Å²) < 4.78 is 19.6. The molecule has 1 N–H and O–H groups in total. The fourth-order valence-corrected chi connectivity index (χ4v) is 3.08. The Morgan fingerprint density at radius 3 is 3.00 bits per heavy atom. The molecule has 0 aliphatic heterocycles. The number of rotatable bonds is 4. The van der Waals surface area contributed by atoms with E-state index in [1.54, 1.807) is 24.5 Å². The summed E-state index contributed by atoms with van der Waals surface area (Å²) in [5.74, 6) is -0.244. The van der Waals surface area contributed by atoms with Crippen LogP contribution < -0.4 is 5.32 Å². The van der Waals surface area contributed by atoms with Gasteiger partial charge in [-0.3, -0.25) is 0 Å².